The number of ether oxygens (including phenoxy) is 1. The van der Waals surface area contributed by atoms with E-state index in [0.29, 0.717) is 0 Å². The molecule has 0 saturated carbocycles. The Morgan fingerprint density at radius 2 is 1.71 bits per heavy atom. The van der Waals surface area contributed by atoms with Crippen molar-refractivity contribution in [2.75, 3.05) is 6.61 Å². The number of aliphatic carboxylic acids is 1. The molecule has 0 bridgehead atoms. The molecule has 0 radical (unpaired) electrons. The minimum atomic E-state index is -2.55. The summed E-state index contributed by atoms with van der Waals surface area (Å²) >= 11 is 0. The van der Waals surface area contributed by atoms with E-state index in [9.17, 15) is 19.2 Å². The molecule has 1 atom stereocenters. The smallest absolute Gasteiger partial charge is 0.379 e. The van der Waals surface area contributed by atoms with Crippen LogP contribution in [0.25, 0.3) is 0 Å². The molecule has 0 aliphatic rings. The molecule has 0 aromatic rings. The van der Waals surface area contributed by atoms with Crippen LogP contribution in [0.4, 0.5) is 0 Å². The third-order valence-corrected chi connectivity index (χ3v) is 1.03. The highest BCUT2D eigenvalue weighted by atomic mass is 16.6. The first-order chi connectivity index (χ1) is 6.40. The lowest BCUT2D eigenvalue weighted by Crippen LogP contribution is -2.35. The summed E-state index contributed by atoms with van der Waals surface area (Å²) in [5, 5.41) is 24.8. The zero-order valence-electron chi connectivity index (χ0n) is 6.67. The third kappa shape index (κ3) is 3.29. The number of Topliss-reactive ketones (excluding diaryl/α,β-unsaturated/α-hetero) is 2. The van der Waals surface area contributed by atoms with Crippen molar-refractivity contribution in [3.63, 3.8) is 0 Å². The van der Waals surface area contributed by atoms with Gasteiger partial charge in [-0.3, -0.25) is 9.59 Å². The Balaban J connectivity index is 4.26. The number of rotatable bonds is 5. The molecule has 0 amide bonds. The molecule has 0 aliphatic heterocycles. The number of aliphatic hydroxyl groups excluding tert-OH is 2. The lowest BCUT2D eigenvalue weighted by Gasteiger charge is -2.06. The maximum atomic E-state index is 10.5. The molecule has 0 rings (SSSR count). The summed E-state index contributed by atoms with van der Waals surface area (Å²) in [6, 6.07) is 0. The second-order valence-electron chi connectivity index (χ2n) is 2.01. The molecule has 0 aromatic carbocycles. The van der Waals surface area contributed by atoms with Crippen LogP contribution in [-0.4, -0.2) is 51.7 Å². The van der Waals surface area contributed by atoms with Gasteiger partial charge in [0.15, 0.2) is 0 Å². The van der Waals surface area contributed by atoms with Crippen LogP contribution < -0.4 is 0 Å². The summed E-state index contributed by atoms with van der Waals surface area (Å²) in [5.41, 5.74) is 0. The highest BCUT2D eigenvalue weighted by Gasteiger charge is 2.28. The number of ketones is 2. The van der Waals surface area contributed by atoms with Crippen molar-refractivity contribution in [1.29, 1.82) is 0 Å². The molecule has 0 spiro atoms. The Morgan fingerprint density at radius 3 is 2.07 bits per heavy atom. The molecule has 8 heteroatoms. The second kappa shape index (κ2) is 5.04. The number of aliphatic hydroxyl groups is 2. The first-order valence-electron chi connectivity index (χ1n) is 3.20. The van der Waals surface area contributed by atoms with Gasteiger partial charge >= 0.3 is 17.7 Å². The van der Waals surface area contributed by atoms with Gasteiger partial charge in [-0.25, -0.2) is 9.59 Å². The molecule has 3 N–H and O–H groups in total. The van der Waals surface area contributed by atoms with Crippen molar-refractivity contribution in [2.24, 2.45) is 0 Å². The van der Waals surface area contributed by atoms with Crippen LogP contribution >= 0.6 is 0 Å². The second-order valence-corrected chi connectivity index (χ2v) is 2.01. The average molecular weight is 206 g/mol. The molecule has 0 heterocycles. The van der Waals surface area contributed by atoms with E-state index < -0.39 is 36.4 Å². The SMILES string of the molecule is O=C(O)C(=O)C(O)OC(=O)C(=O)CO. The van der Waals surface area contributed by atoms with Crippen molar-refractivity contribution < 1.29 is 39.2 Å². The van der Waals surface area contributed by atoms with Crippen LogP contribution in [0.1, 0.15) is 0 Å². The summed E-state index contributed by atoms with van der Waals surface area (Å²) < 4.78 is 3.70. The van der Waals surface area contributed by atoms with E-state index >= 15 is 0 Å². The molecule has 0 fully saturated rings. The molecule has 0 aliphatic carbocycles. The van der Waals surface area contributed by atoms with Crippen molar-refractivity contribution in [3.8, 4) is 0 Å². The largest absolute Gasteiger partial charge is 0.475 e. The van der Waals surface area contributed by atoms with Crippen LogP contribution in [-0.2, 0) is 23.9 Å². The van der Waals surface area contributed by atoms with Gasteiger partial charge in [-0.15, -0.1) is 0 Å². The highest BCUT2D eigenvalue weighted by molar-refractivity contribution is 6.37. The van der Waals surface area contributed by atoms with Crippen LogP contribution in [0.3, 0.4) is 0 Å². The van der Waals surface area contributed by atoms with Gasteiger partial charge in [0.2, 0.25) is 0 Å². The summed E-state index contributed by atoms with van der Waals surface area (Å²) in [5.74, 6) is -6.89. The van der Waals surface area contributed by atoms with Gasteiger partial charge in [-0.2, -0.15) is 0 Å². The molecular weight excluding hydrogens is 200 g/mol. The molecule has 8 nitrogen and oxygen atoms in total. The van der Waals surface area contributed by atoms with Crippen molar-refractivity contribution >= 4 is 23.5 Å². The van der Waals surface area contributed by atoms with Gasteiger partial charge in [0.25, 0.3) is 12.1 Å². The summed E-state index contributed by atoms with van der Waals surface area (Å²) in [6.45, 7) is -1.16. The zero-order valence-corrected chi connectivity index (χ0v) is 6.67. The van der Waals surface area contributed by atoms with Crippen LogP contribution in [0.15, 0.2) is 0 Å². The normalized spacial score (nSPS) is 11.6. The Kier molecular flexibility index (Phi) is 4.40. The summed E-state index contributed by atoms with van der Waals surface area (Å²) in [7, 11) is 0. The number of carbonyl (C=O) groups is 4. The Labute approximate surface area is 76.7 Å². The topological polar surface area (TPSA) is 138 Å². The van der Waals surface area contributed by atoms with Gasteiger partial charge in [-0.1, -0.05) is 0 Å². The fourth-order valence-electron chi connectivity index (χ4n) is 0.391. The number of hydrogen-bond acceptors (Lipinski definition) is 7. The molecular formula is C6H6O8. The molecule has 0 saturated heterocycles. The number of esters is 1. The summed E-state index contributed by atoms with van der Waals surface area (Å²) in [4.78, 5) is 41.1. The number of carboxylic acids is 1. The van der Waals surface area contributed by atoms with E-state index in [-0.39, 0.29) is 0 Å². The van der Waals surface area contributed by atoms with E-state index in [1.165, 1.54) is 0 Å². The number of hydrogen-bond donors (Lipinski definition) is 3. The van der Waals surface area contributed by atoms with Gasteiger partial charge in [-0.05, 0) is 0 Å². The minimum Gasteiger partial charge on any atom is -0.475 e. The van der Waals surface area contributed by atoms with Crippen LogP contribution in [0, 0.1) is 0 Å². The van der Waals surface area contributed by atoms with Gasteiger partial charge in [0, 0.05) is 0 Å². The van der Waals surface area contributed by atoms with E-state index in [1.807, 2.05) is 0 Å². The number of carboxylic acid groups (broad SMARTS) is 1. The van der Waals surface area contributed by atoms with Crippen molar-refractivity contribution in [2.45, 2.75) is 6.29 Å². The van der Waals surface area contributed by atoms with Gasteiger partial charge in [0.1, 0.15) is 6.61 Å². The van der Waals surface area contributed by atoms with E-state index in [4.69, 9.17) is 15.3 Å². The first kappa shape index (κ1) is 12.2. The minimum absolute atomic E-state index is 1.16. The standard InChI is InChI=1S/C6H6O8/c7-1-2(8)5(12)14-6(13)3(9)4(10)11/h6-7,13H,1H2,(H,10,11). The predicted molar refractivity (Wildman–Crippen MR) is 36.8 cm³/mol. The average Bonchev–Trinajstić information content (AvgIpc) is 2.14. The highest BCUT2D eigenvalue weighted by Crippen LogP contribution is 1.92. The zero-order chi connectivity index (χ0) is 11.3. The van der Waals surface area contributed by atoms with E-state index in [1.54, 1.807) is 0 Å². The lowest BCUT2D eigenvalue weighted by atomic mass is 10.4. The maximum absolute atomic E-state index is 10.5. The third-order valence-electron chi connectivity index (χ3n) is 1.03. The molecule has 14 heavy (non-hydrogen) atoms. The Hall–Kier alpha value is -1.80. The fourth-order valence-corrected chi connectivity index (χ4v) is 0.391. The Morgan fingerprint density at radius 1 is 1.21 bits per heavy atom. The van der Waals surface area contributed by atoms with E-state index in [2.05, 4.69) is 4.74 Å². The van der Waals surface area contributed by atoms with E-state index in [0.717, 1.165) is 0 Å². The van der Waals surface area contributed by atoms with Crippen molar-refractivity contribution in [1.82, 2.24) is 0 Å². The maximum Gasteiger partial charge on any atom is 0.379 e. The van der Waals surface area contributed by atoms with Gasteiger partial charge in [0.05, 0.1) is 0 Å². The molecule has 0 aromatic heterocycles. The quantitative estimate of drug-likeness (QED) is 0.247. The Bertz CT molecular complexity index is 280. The van der Waals surface area contributed by atoms with Crippen molar-refractivity contribution in [3.05, 3.63) is 0 Å². The predicted octanol–water partition coefficient (Wildman–Crippen LogP) is -2.94. The van der Waals surface area contributed by atoms with Crippen LogP contribution in [0.2, 0.25) is 0 Å². The lowest BCUT2D eigenvalue weighted by molar-refractivity contribution is -0.182. The van der Waals surface area contributed by atoms with Crippen LogP contribution in [0.5, 0.6) is 0 Å². The first-order valence-corrected chi connectivity index (χ1v) is 3.20. The fraction of sp³-hybridized carbons (Fsp3) is 0.333. The summed E-state index contributed by atoms with van der Waals surface area (Å²) in [6.07, 6.45) is -2.55. The van der Waals surface area contributed by atoms with Gasteiger partial charge < -0.3 is 20.1 Å². The molecule has 1 unspecified atom stereocenters. The monoisotopic (exact) mass is 206 g/mol. The molecule has 78 valence electrons. The number of carbonyl (C=O) groups excluding carboxylic acids is 3.